The Morgan fingerprint density at radius 2 is 2.30 bits per heavy atom. The van der Waals surface area contributed by atoms with Crippen LogP contribution in [0.4, 0.5) is 0 Å². The first-order valence-corrected chi connectivity index (χ1v) is 8.85. The van der Waals surface area contributed by atoms with Crippen LogP contribution >= 0.6 is 11.8 Å². The van der Waals surface area contributed by atoms with E-state index < -0.39 is 0 Å². The Hall–Kier alpha value is -1.83. The molecule has 4 rings (SSSR count). The van der Waals surface area contributed by atoms with Crippen molar-refractivity contribution >= 4 is 22.8 Å². The number of hydrogen-bond donors (Lipinski definition) is 0. The largest absolute Gasteiger partial charge is 0.337 e. The maximum absolute atomic E-state index is 13.0. The molecule has 122 valence electrons. The van der Waals surface area contributed by atoms with Crippen molar-refractivity contribution in [3.8, 4) is 0 Å². The van der Waals surface area contributed by atoms with E-state index in [4.69, 9.17) is 4.52 Å². The molecule has 0 aliphatic carbocycles. The lowest BCUT2D eigenvalue weighted by Crippen LogP contribution is -2.31. The summed E-state index contributed by atoms with van der Waals surface area (Å²) in [5, 5.41) is 4.91. The molecule has 0 saturated carbocycles. The van der Waals surface area contributed by atoms with Crippen molar-refractivity contribution in [2.45, 2.75) is 39.2 Å². The van der Waals surface area contributed by atoms with Crippen LogP contribution in [0.15, 0.2) is 20.1 Å². The normalized spacial score (nSPS) is 23.7. The van der Waals surface area contributed by atoms with Crippen LogP contribution in [0.5, 0.6) is 0 Å². The molecule has 23 heavy (non-hydrogen) atoms. The molecule has 1 amide bonds. The molecule has 1 fully saturated rings. The van der Waals surface area contributed by atoms with Crippen molar-refractivity contribution in [3.05, 3.63) is 22.3 Å². The van der Waals surface area contributed by atoms with Gasteiger partial charge in [0.25, 0.3) is 5.91 Å². The smallest absolute Gasteiger partial charge is 0.263 e. The summed E-state index contributed by atoms with van der Waals surface area (Å²) in [6, 6.07) is -0.103. The number of amidine groups is 1. The minimum absolute atomic E-state index is 0.0587. The van der Waals surface area contributed by atoms with Gasteiger partial charge in [0.15, 0.2) is 11.0 Å². The second kappa shape index (κ2) is 5.67. The third-order valence-electron chi connectivity index (χ3n) is 4.52. The summed E-state index contributed by atoms with van der Waals surface area (Å²) in [6.45, 7) is 6.41. The number of rotatable bonds is 3. The molecular formula is C15H19N5O2S. The molecular weight excluding hydrogens is 314 g/mol. The average molecular weight is 333 g/mol. The molecule has 1 aromatic heterocycles. The number of carbonyl (C=O) groups excluding carboxylic acids is 1. The van der Waals surface area contributed by atoms with Crippen molar-refractivity contribution in [1.29, 1.82) is 0 Å². The lowest BCUT2D eigenvalue weighted by atomic mass is 10.2. The Labute approximate surface area is 138 Å². The minimum Gasteiger partial charge on any atom is -0.337 e. The third-order valence-corrected chi connectivity index (χ3v) is 5.73. The summed E-state index contributed by atoms with van der Waals surface area (Å²) in [7, 11) is 0. The predicted molar refractivity (Wildman–Crippen MR) is 86.7 cm³/mol. The molecule has 1 saturated heterocycles. The van der Waals surface area contributed by atoms with Crippen molar-refractivity contribution < 1.29 is 9.32 Å². The predicted octanol–water partition coefficient (Wildman–Crippen LogP) is 1.95. The molecule has 7 nitrogen and oxygen atoms in total. The lowest BCUT2D eigenvalue weighted by Gasteiger charge is -2.22. The quantitative estimate of drug-likeness (QED) is 0.841. The summed E-state index contributed by atoms with van der Waals surface area (Å²) in [5.41, 5.74) is 1.02. The fraction of sp³-hybridized carbons (Fsp3) is 0.600. The molecule has 1 atom stereocenters. The molecule has 0 N–H and O–H groups in total. The van der Waals surface area contributed by atoms with Gasteiger partial charge in [0.1, 0.15) is 6.04 Å². The SMILES string of the molecule is CCc1noc([C@@H]2CCCN2C(=O)C2=C(C)N3CCN=C3S2)n1. The fourth-order valence-electron chi connectivity index (χ4n) is 3.25. The van der Waals surface area contributed by atoms with Gasteiger partial charge in [-0.1, -0.05) is 12.1 Å². The molecule has 0 bridgehead atoms. The summed E-state index contributed by atoms with van der Waals surface area (Å²) >= 11 is 1.49. The second-order valence-corrected chi connectivity index (χ2v) is 6.87. The number of aliphatic imine (C=N–C) groups is 1. The number of nitrogens with zero attached hydrogens (tertiary/aromatic N) is 5. The van der Waals surface area contributed by atoms with Crippen LogP contribution in [0.2, 0.25) is 0 Å². The number of fused-ring (bicyclic) bond motifs is 1. The van der Waals surface area contributed by atoms with Gasteiger partial charge in [0, 0.05) is 25.2 Å². The Kier molecular flexibility index (Phi) is 3.63. The molecule has 1 aromatic rings. The van der Waals surface area contributed by atoms with Gasteiger partial charge in [-0.15, -0.1) is 0 Å². The molecule has 3 aliphatic rings. The molecule has 0 radical (unpaired) electrons. The van der Waals surface area contributed by atoms with E-state index >= 15 is 0 Å². The zero-order chi connectivity index (χ0) is 16.0. The number of likely N-dealkylation sites (tertiary alicyclic amines) is 1. The highest BCUT2D eigenvalue weighted by atomic mass is 32.2. The van der Waals surface area contributed by atoms with E-state index in [9.17, 15) is 4.79 Å². The number of aromatic nitrogens is 2. The summed E-state index contributed by atoms with van der Waals surface area (Å²) in [6.07, 6.45) is 2.57. The first-order chi connectivity index (χ1) is 11.2. The number of carbonyl (C=O) groups is 1. The molecule has 0 aromatic carbocycles. The van der Waals surface area contributed by atoms with E-state index in [0.29, 0.717) is 11.7 Å². The zero-order valence-electron chi connectivity index (χ0n) is 13.3. The maximum Gasteiger partial charge on any atom is 0.263 e. The van der Waals surface area contributed by atoms with E-state index in [2.05, 4.69) is 20.0 Å². The Balaban J connectivity index is 1.58. The van der Waals surface area contributed by atoms with Crippen LogP contribution in [0.3, 0.4) is 0 Å². The lowest BCUT2D eigenvalue weighted by molar-refractivity contribution is -0.127. The first kappa shape index (κ1) is 14.7. The molecule has 0 spiro atoms. The Morgan fingerprint density at radius 1 is 1.43 bits per heavy atom. The van der Waals surface area contributed by atoms with E-state index in [1.807, 2.05) is 18.7 Å². The fourth-order valence-corrected chi connectivity index (χ4v) is 4.39. The van der Waals surface area contributed by atoms with Crippen LogP contribution < -0.4 is 0 Å². The van der Waals surface area contributed by atoms with Crippen LogP contribution in [-0.2, 0) is 11.2 Å². The number of thioether (sulfide) groups is 1. The first-order valence-electron chi connectivity index (χ1n) is 8.03. The summed E-state index contributed by atoms with van der Waals surface area (Å²) < 4.78 is 5.37. The van der Waals surface area contributed by atoms with E-state index in [1.54, 1.807) is 0 Å². The molecule has 3 aliphatic heterocycles. The Morgan fingerprint density at radius 3 is 3.04 bits per heavy atom. The molecule has 4 heterocycles. The van der Waals surface area contributed by atoms with Gasteiger partial charge in [0.2, 0.25) is 5.89 Å². The van der Waals surface area contributed by atoms with Gasteiger partial charge < -0.3 is 14.3 Å². The van der Waals surface area contributed by atoms with Crippen LogP contribution in [-0.4, -0.2) is 50.6 Å². The van der Waals surface area contributed by atoms with Crippen LogP contribution in [0.1, 0.15) is 44.4 Å². The van der Waals surface area contributed by atoms with E-state index in [0.717, 1.165) is 54.7 Å². The highest BCUT2D eigenvalue weighted by Gasteiger charge is 2.40. The van der Waals surface area contributed by atoms with Crippen molar-refractivity contribution in [1.82, 2.24) is 19.9 Å². The summed E-state index contributed by atoms with van der Waals surface area (Å²) in [4.78, 5) is 26.7. The third kappa shape index (κ3) is 2.36. The van der Waals surface area contributed by atoms with Gasteiger partial charge in [-0.05, 0) is 31.5 Å². The zero-order valence-corrected chi connectivity index (χ0v) is 14.1. The van der Waals surface area contributed by atoms with Crippen molar-refractivity contribution in [2.75, 3.05) is 19.6 Å². The highest BCUT2D eigenvalue weighted by molar-refractivity contribution is 8.18. The van der Waals surface area contributed by atoms with Crippen LogP contribution in [0, 0.1) is 0 Å². The highest BCUT2D eigenvalue weighted by Crippen LogP contribution is 2.40. The average Bonchev–Trinajstić information content (AvgIpc) is 3.32. The summed E-state index contributed by atoms with van der Waals surface area (Å²) in [5.74, 6) is 1.31. The van der Waals surface area contributed by atoms with Crippen LogP contribution in [0.25, 0.3) is 0 Å². The number of aryl methyl sites for hydroxylation is 1. The number of hydrogen-bond acceptors (Lipinski definition) is 7. The maximum atomic E-state index is 13.0. The van der Waals surface area contributed by atoms with Crippen molar-refractivity contribution in [2.24, 2.45) is 4.99 Å². The molecule has 0 unspecified atom stereocenters. The number of amides is 1. The minimum atomic E-state index is -0.103. The van der Waals surface area contributed by atoms with Crippen molar-refractivity contribution in [3.63, 3.8) is 0 Å². The van der Waals surface area contributed by atoms with Gasteiger partial charge in [-0.25, -0.2) is 0 Å². The van der Waals surface area contributed by atoms with Gasteiger partial charge in [-0.2, -0.15) is 4.98 Å². The van der Waals surface area contributed by atoms with Gasteiger partial charge >= 0.3 is 0 Å². The van der Waals surface area contributed by atoms with E-state index in [-0.39, 0.29) is 11.9 Å². The molecule has 8 heteroatoms. The monoisotopic (exact) mass is 333 g/mol. The number of allylic oxidation sites excluding steroid dienone is 1. The topological polar surface area (TPSA) is 74.8 Å². The second-order valence-electron chi connectivity index (χ2n) is 5.89. The van der Waals surface area contributed by atoms with Gasteiger partial charge in [-0.3, -0.25) is 9.79 Å². The standard InChI is InChI=1S/C15H19N5O2S/c1-3-11-17-13(22-18-11)10-5-4-7-20(10)14(21)12-9(2)19-8-6-16-15(19)23-12/h10H,3-8H2,1-2H3/t10-/m0/s1. The van der Waals surface area contributed by atoms with Gasteiger partial charge in [0.05, 0.1) is 11.4 Å². The Bertz CT molecular complexity index is 710. The van der Waals surface area contributed by atoms with E-state index in [1.165, 1.54) is 11.8 Å².